The molecule has 0 aromatic carbocycles. The van der Waals surface area contributed by atoms with Crippen molar-refractivity contribution in [3.05, 3.63) is 36.2 Å². The Morgan fingerprint density at radius 2 is 2.35 bits per heavy atom. The number of pyridine rings is 1. The molecule has 1 aliphatic carbocycles. The summed E-state index contributed by atoms with van der Waals surface area (Å²) in [6.45, 7) is 0.970. The van der Waals surface area contributed by atoms with E-state index in [1.807, 2.05) is 35.8 Å². The molecule has 3 rings (SSSR count). The molecule has 2 aromatic rings. The summed E-state index contributed by atoms with van der Waals surface area (Å²) >= 11 is 0. The number of nitrogens with zero attached hydrogens (tertiary/aromatic N) is 3. The van der Waals surface area contributed by atoms with Crippen LogP contribution in [0.25, 0.3) is 11.7 Å². The summed E-state index contributed by atoms with van der Waals surface area (Å²) in [5, 5.41) is 8.84. The first-order valence-electron chi connectivity index (χ1n) is 6.74. The van der Waals surface area contributed by atoms with Crippen molar-refractivity contribution in [2.45, 2.75) is 12.8 Å². The third-order valence-corrected chi connectivity index (χ3v) is 3.52. The topological polar surface area (TPSA) is 57.8 Å². The summed E-state index contributed by atoms with van der Waals surface area (Å²) in [6, 6.07) is 5.77. The molecule has 1 N–H and O–H groups in total. The van der Waals surface area contributed by atoms with Crippen molar-refractivity contribution in [1.29, 1.82) is 0 Å². The smallest absolute Gasteiger partial charge is 0.328 e. The van der Waals surface area contributed by atoms with Crippen molar-refractivity contribution in [1.82, 2.24) is 9.38 Å². The van der Waals surface area contributed by atoms with Gasteiger partial charge in [-0.15, -0.1) is 0 Å². The predicted molar refractivity (Wildman–Crippen MR) is 77.9 cm³/mol. The summed E-state index contributed by atoms with van der Waals surface area (Å²) in [6.07, 6.45) is 7.22. The van der Waals surface area contributed by atoms with Gasteiger partial charge in [0, 0.05) is 25.9 Å². The number of hydrogen-bond donors (Lipinski definition) is 1. The van der Waals surface area contributed by atoms with Gasteiger partial charge in [-0.3, -0.25) is 4.40 Å². The molecule has 0 unspecified atom stereocenters. The molecule has 0 aliphatic heterocycles. The number of hydrogen-bond acceptors (Lipinski definition) is 3. The molecule has 0 atom stereocenters. The third kappa shape index (κ3) is 2.52. The fraction of sp³-hybridized carbons (Fsp3) is 0.333. The van der Waals surface area contributed by atoms with Crippen LogP contribution in [0.5, 0.6) is 0 Å². The second-order valence-electron chi connectivity index (χ2n) is 5.24. The SMILES string of the molecule is CN(CC1CC1)c1nc2ccccn2c1/C=C/C(=O)O. The second kappa shape index (κ2) is 5.00. The number of aromatic nitrogens is 2. The molecule has 0 spiro atoms. The minimum atomic E-state index is -0.952. The van der Waals surface area contributed by atoms with E-state index >= 15 is 0 Å². The van der Waals surface area contributed by atoms with Gasteiger partial charge in [-0.2, -0.15) is 0 Å². The number of imidazole rings is 1. The molecule has 5 nitrogen and oxygen atoms in total. The Morgan fingerprint density at radius 1 is 1.55 bits per heavy atom. The second-order valence-corrected chi connectivity index (χ2v) is 5.24. The molecule has 1 fully saturated rings. The van der Waals surface area contributed by atoms with Crippen LogP contribution in [0, 0.1) is 5.92 Å². The Labute approximate surface area is 117 Å². The van der Waals surface area contributed by atoms with Crippen LogP contribution in [0.4, 0.5) is 5.82 Å². The van der Waals surface area contributed by atoms with E-state index in [2.05, 4.69) is 9.88 Å². The molecule has 104 valence electrons. The molecule has 1 saturated carbocycles. The summed E-state index contributed by atoms with van der Waals surface area (Å²) in [5.74, 6) is 0.633. The lowest BCUT2D eigenvalue weighted by molar-refractivity contribution is -0.131. The molecule has 20 heavy (non-hydrogen) atoms. The molecular weight excluding hydrogens is 254 g/mol. The van der Waals surface area contributed by atoms with Crippen LogP contribution >= 0.6 is 0 Å². The number of anilines is 1. The summed E-state index contributed by atoms with van der Waals surface area (Å²) < 4.78 is 1.91. The molecule has 0 saturated heterocycles. The highest BCUT2D eigenvalue weighted by Gasteiger charge is 2.25. The van der Waals surface area contributed by atoms with Gasteiger partial charge in [0.25, 0.3) is 0 Å². The van der Waals surface area contributed by atoms with Crippen molar-refractivity contribution in [3.8, 4) is 0 Å². The van der Waals surface area contributed by atoms with Gasteiger partial charge < -0.3 is 10.0 Å². The fourth-order valence-electron chi connectivity index (χ4n) is 2.36. The molecular formula is C15H17N3O2. The maximum Gasteiger partial charge on any atom is 0.328 e. The van der Waals surface area contributed by atoms with Gasteiger partial charge in [0.15, 0.2) is 5.82 Å². The van der Waals surface area contributed by atoms with Gasteiger partial charge >= 0.3 is 5.97 Å². The number of aliphatic carboxylic acids is 1. The Bertz CT molecular complexity index is 671. The lowest BCUT2D eigenvalue weighted by atomic mass is 10.3. The number of fused-ring (bicyclic) bond motifs is 1. The predicted octanol–water partition coefficient (Wildman–Crippen LogP) is 2.28. The number of carboxylic acid groups (broad SMARTS) is 1. The first-order valence-corrected chi connectivity index (χ1v) is 6.74. The molecule has 0 radical (unpaired) electrons. The average molecular weight is 271 g/mol. The molecule has 0 bridgehead atoms. The van der Waals surface area contributed by atoms with Crippen LogP contribution in [-0.4, -0.2) is 34.1 Å². The highest BCUT2D eigenvalue weighted by molar-refractivity contribution is 5.86. The van der Waals surface area contributed by atoms with Crippen LogP contribution in [0.2, 0.25) is 0 Å². The van der Waals surface area contributed by atoms with Crippen molar-refractivity contribution in [2.24, 2.45) is 5.92 Å². The first kappa shape index (κ1) is 12.7. The third-order valence-electron chi connectivity index (χ3n) is 3.52. The Balaban J connectivity index is 2.03. The zero-order valence-corrected chi connectivity index (χ0v) is 11.4. The van der Waals surface area contributed by atoms with Gasteiger partial charge in [-0.25, -0.2) is 9.78 Å². The van der Waals surface area contributed by atoms with Crippen molar-refractivity contribution < 1.29 is 9.90 Å². The quantitative estimate of drug-likeness (QED) is 0.848. The Kier molecular flexibility index (Phi) is 3.18. The van der Waals surface area contributed by atoms with E-state index in [1.165, 1.54) is 12.8 Å². The lowest BCUT2D eigenvalue weighted by Gasteiger charge is -2.16. The van der Waals surface area contributed by atoms with E-state index in [4.69, 9.17) is 5.11 Å². The Morgan fingerprint density at radius 3 is 3.05 bits per heavy atom. The van der Waals surface area contributed by atoms with Gasteiger partial charge in [-0.1, -0.05) is 6.07 Å². The summed E-state index contributed by atoms with van der Waals surface area (Å²) in [5.41, 5.74) is 1.64. The number of carboxylic acids is 1. The van der Waals surface area contributed by atoms with Crippen LogP contribution < -0.4 is 4.90 Å². The maximum atomic E-state index is 10.8. The minimum Gasteiger partial charge on any atom is -0.478 e. The fourth-order valence-corrected chi connectivity index (χ4v) is 2.36. The van der Waals surface area contributed by atoms with E-state index in [-0.39, 0.29) is 0 Å². The Hall–Kier alpha value is -2.30. The van der Waals surface area contributed by atoms with Crippen molar-refractivity contribution in [2.75, 3.05) is 18.5 Å². The lowest BCUT2D eigenvalue weighted by Crippen LogP contribution is -2.21. The van der Waals surface area contributed by atoms with Crippen molar-refractivity contribution in [3.63, 3.8) is 0 Å². The molecule has 1 aliphatic rings. The van der Waals surface area contributed by atoms with Gasteiger partial charge in [0.2, 0.25) is 0 Å². The monoisotopic (exact) mass is 271 g/mol. The van der Waals surface area contributed by atoms with Gasteiger partial charge in [0.1, 0.15) is 5.65 Å². The number of carbonyl (C=O) groups is 1. The highest BCUT2D eigenvalue weighted by Crippen LogP contribution is 2.32. The van der Waals surface area contributed by atoms with E-state index in [0.29, 0.717) is 0 Å². The summed E-state index contributed by atoms with van der Waals surface area (Å²) in [4.78, 5) is 17.5. The van der Waals surface area contributed by atoms with Crippen LogP contribution in [0.3, 0.4) is 0 Å². The zero-order chi connectivity index (χ0) is 14.1. The maximum absolute atomic E-state index is 10.8. The molecule has 2 aromatic heterocycles. The van der Waals surface area contributed by atoms with Crippen molar-refractivity contribution >= 4 is 23.5 Å². The molecule has 2 heterocycles. The summed E-state index contributed by atoms with van der Waals surface area (Å²) in [7, 11) is 2.01. The van der Waals surface area contributed by atoms with Crippen LogP contribution in [-0.2, 0) is 4.79 Å². The zero-order valence-electron chi connectivity index (χ0n) is 11.4. The number of rotatable bonds is 5. The van der Waals surface area contributed by atoms with Gasteiger partial charge in [-0.05, 0) is 37.0 Å². The van der Waals surface area contributed by atoms with Gasteiger partial charge in [0.05, 0.1) is 5.69 Å². The van der Waals surface area contributed by atoms with E-state index in [0.717, 1.165) is 35.7 Å². The van der Waals surface area contributed by atoms with E-state index in [1.54, 1.807) is 6.08 Å². The van der Waals surface area contributed by atoms with E-state index < -0.39 is 5.97 Å². The first-order chi connectivity index (χ1) is 9.65. The average Bonchev–Trinajstić information content (AvgIpc) is 3.15. The molecule has 0 amide bonds. The largest absolute Gasteiger partial charge is 0.478 e. The minimum absolute atomic E-state index is 0.751. The normalized spacial score (nSPS) is 15.1. The standard InChI is InChI=1S/C15H17N3O2/c1-17(10-11-5-6-11)15-12(7-8-14(19)20)18-9-3-2-4-13(18)16-15/h2-4,7-9,11H,5-6,10H2,1H3,(H,19,20)/b8-7+. The van der Waals surface area contributed by atoms with Crippen LogP contribution in [0.1, 0.15) is 18.5 Å². The highest BCUT2D eigenvalue weighted by atomic mass is 16.4. The van der Waals surface area contributed by atoms with E-state index in [9.17, 15) is 4.79 Å². The van der Waals surface area contributed by atoms with Crippen LogP contribution in [0.15, 0.2) is 30.5 Å². The molecule has 5 heteroatoms.